The predicted octanol–water partition coefficient (Wildman–Crippen LogP) is 2.15. The van der Waals surface area contributed by atoms with Crippen molar-refractivity contribution in [3.63, 3.8) is 0 Å². The van der Waals surface area contributed by atoms with Crippen LogP contribution >= 0.6 is 24.0 Å². The molecule has 0 saturated carbocycles. The summed E-state index contributed by atoms with van der Waals surface area (Å²) in [6.45, 7) is 7.35. The van der Waals surface area contributed by atoms with E-state index in [2.05, 4.69) is 15.6 Å². The standard InChI is InChI=1S/C14H25N3O2S.HI/c1-14(2,3)20(18)11-9-17-13(15-4)16-8-7-12-6-5-10-19-12;/h5-6,10H,7-9,11H2,1-4H3,(H2,15,16,17);1H. The number of halogens is 1. The second-order valence-electron chi connectivity index (χ2n) is 5.42. The summed E-state index contributed by atoms with van der Waals surface area (Å²) in [7, 11) is 0.879. The van der Waals surface area contributed by atoms with Gasteiger partial charge in [-0.25, -0.2) is 0 Å². The lowest BCUT2D eigenvalue weighted by atomic mass is 10.3. The maximum Gasteiger partial charge on any atom is 0.191 e. The molecule has 0 radical (unpaired) electrons. The molecule has 0 aliphatic rings. The average Bonchev–Trinajstić information content (AvgIpc) is 2.88. The van der Waals surface area contributed by atoms with E-state index in [1.54, 1.807) is 13.3 Å². The molecule has 2 N–H and O–H groups in total. The average molecular weight is 427 g/mol. The quantitative estimate of drug-likeness (QED) is 0.415. The molecule has 1 atom stereocenters. The summed E-state index contributed by atoms with van der Waals surface area (Å²) in [5, 5.41) is 6.37. The van der Waals surface area contributed by atoms with Crippen molar-refractivity contribution in [3.05, 3.63) is 24.2 Å². The van der Waals surface area contributed by atoms with Crippen molar-refractivity contribution >= 4 is 40.7 Å². The fraction of sp³-hybridized carbons (Fsp3) is 0.643. The van der Waals surface area contributed by atoms with Crippen molar-refractivity contribution in [1.29, 1.82) is 0 Å². The van der Waals surface area contributed by atoms with E-state index in [1.807, 2.05) is 32.9 Å². The van der Waals surface area contributed by atoms with Gasteiger partial charge < -0.3 is 15.1 Å². The molecule has 0 aromatic carbocycles. The minimum absolute atomic E-state index is 0. The molecule has 7 heteroatoms. The summed E-state index contributed by atoms with van der Waals surface area (Å²) in [6.07, 6.45) is 2.48. The fourth-order valence-electron chi connectivity index (χ4n) is 1.55. The Morgan fingerprint density at radius 3 is 2.52 bits per heavy atom. The van der Waals surface area contributed by atoms with Gasteiger partial charge in [-0.05, 0) is 32.9 Å². The van der Waals surface area contributed by atoms with Gasteiger partial charge in [-0.2, -0.15) is 0 Å². The van der Waals surface area contributed by atoms with Crippen LogP contribution in [0.3, 0.4) is 0 Å². The van der Waals surface area contributed by atoms with Crippen LogP contribution in [0, 0.1) is 0 Å². The van der Waals surface area contributed by atoms with Crippen LogP contribution in [-0.2, 0) is 17.2 Å². The maximum atomic E-state index is 11.9. The molecule has 0 spiro atoms. The normalized spacial score (nSPS) is 13.4. The highest BCUT2D eigenvalue weighted by Gasteiger charge is 2.18. The van der Waals surface area contributed by atoms with Gasteiger partial charge in [0.1, 0.15) is 5.76 Å². The number of hydrogen-bond acceptors (Lipinski definition) is 3. The molecule has 1 heterocycles. The topological polar surface area (TPSA) is 66.6 Å². The lowest BCUT2D eigenvalue weighted by molar-refractivity contribution is 0.507. The van der Waals surface area contributed by atoms with Crippen molar-refractivity contribution in [2.75, 3.05) is 25.9 Å². The Bertz CT molecular complexity index is 442. The van der Waals surface area contributed by atoms with Crippen LogP contribution in [0.25, 0.3) is 0 Å². The number of guanidine groups is 1. The fourth-order valence-corrected chi connectivity index (χ4v) is 2.45. The molecule has 1 aromatic heterocycles. The van der Waals surface area contributed by atoms with Crippen LogP contribution in [-0.4, -0.2) is 40.8 Å². The van der Waals surface area contributed by atoms with Gasteiger partial charge in [-0.1, -0.05) is 0 Å². The van der Waals surface area contributed by atoms with Gasteiger partial charge in [0.05, 0.1) is 6.26 Å². The molecule has 0 saturated heterocycles. The Labute approximate surface area is 146 Å². The third-order valence-corrected chi connectivity index (χ3v) is 4.67. The molecule has 0 aliphatic carbocycles. The van der Waals surface area contributed by atoms with Crippen molar-refractivity contribution in [3.8, 4) is 0 Å². The SMILES string of the molecule is CN=C(NCCc1ccco1)NCCS(=O)C(C)(C)C.I. The minimum Gasteiger partial charge on any atom is -0.469 e. The highest BCUT2D eigenvalue weighted by atomic mass is 127. The van der Waals surface area contributed by atoms with E-state index in [1.165, 1.54) is 0 Å². The third-order valence-electron chi connectivity index (χ3n) is 2.73. The smallest absolute Gasteiger partial charge is 0.191 e. The number of hydrogen-bond donors (Lipinski definition) is 2. The molecule has 5 nitrogen and oxygen atoms in total. The molecular weight excluding hydrogens is 401 g/mol. The molecule has 0 amide bonds. The molecule has 1 rings (SSSR count). The number of rotatable bonds is 6. The lowest BCUT2D eigenvalue weighted by Gasteiger charge is -2.18. The highest BCUT2D eigenvalue weighted by Crippen LogP contribution is 2.10. The number of nitrogens with zero attached hydrogens (tertiary/aromatic N) is 1. The van der Waals surface area contributed by atoms with E-state index in [9.17, 15) is 4.21 Å². The third kappa shape index (κ3) is 8.45. The number of aliphatic imine (C=N–C) groups is 1. The number of nitrogens with one attached hydrogen (secondary N) is 2. The van der Waals surface area contributed by atoms with Gasteiger partial charge >= 0.3 is 0 Å². The minimum atomic E-state index is -0.846. The van der Waals surface area contributed by atoms with Gasteiger partial charge in [-0.3, -0.25) is 9.20 Å². The zero-order chi connectivity index (χ0) is 15.0. The molecule has 0 bridgehead atoms. The Morgan fingerprint density at radius 2 is 2.00 bits per heavy atom. The van der Waals surface area contributed by atoms with E-state index >= 15 is 0 Å². The van der Waals surface area contributed by atoms with E-state index in [-0.39, 0.29) is 28.7 Å². The first-order valence-electron chi connectivity index (χ1n) is 6.79. The van der Waals surface area contributed by atoms with Gasteiger partial charge in [0.15, 0.2) is 5.96 Å². The van der Waals surface area contributed by atoms with Crippen molar-refractivity contribution in [2.24, 2.45) is 4.99 Å². The van der Waals surface area contributed by atoms with Gasteiger partial charge in [-0.15, -0.1) is 24.0 Å². The Morgan fingerprint density at radius 1 is 1.33 bits per heavy atom. The molecule has 0 fully saturated rings. The Balaban J connectivity index is 0.00000400. The van der Waals surface area contributed by atoms with Crippen LogP contribution in [0.2, 0.25) is 0 Å². The first-order chi connectivity index (χ1) is 9.43. The molecule has 1 aromatic rings. The van der Waals surface area contributed by atoms with Crippen LogP contribution < -0.4 is 10.6 Å². The van der Waals surface area contributed by atoms with Crippen LogP contribution in [0.4, 0.5) is 0 Å². The summed E-state index contributed by atoms with van der Waals surface area (Å²) in [4.78, 5) is 4.13. The molecular formula is C14H26IN3O2S. The monoisotopic (exact) mass is 427 g/mol. The van der Waals surface area contributed by atoms with E-state index < -0.39 is 10.8 Å². The largest absolute Gasteiger partial charge is 0.469 e. The summed E-state index contributed by atoms with van der Waals surface area (Å²) in [6, 6.07) is 3.83. The van der Waals surface area contributed by atoms with E-state index in [0.717, 1.165) is 24.7 Å². The lowest BCUT2D eigenvalue weighted by Crippen LogP contribution is -2.41. The molecule has 122 valence electrons. The van der Waals surface area contributed by atoms with Crippen molar-refractivity contribution in [1.82, 2.24) is 10.6 Å². The summed E-state index contributed by atoms with van der Waals surface area (Å²) < 4.78 is 17.0. The van der Waals surface area contributed by atoms with Gasteiger partial charge in [0.25, 0.3) is 0 Å². The summed E-state index contributed by atoms with van der Waals surface area (Å²) in [5.74, 6) is 2.28. The molecule has 0 aliphatic heterocycles. The summed E-state index contributed by atoms with van der Waals surface area (Å²) >= 11 is 0. The van der Waals surface area contributed by atoms with Crippen LogP contribution in [0.1, 0.15) is 26.5 Å². The second-order valence-corrected chi connectivity index (χ2v) is 7.74. The van der Waals surface area contributed by atoms with Crippen molar-refractivity contribution in [2.45, 2.75) is 31.9 Å². The van der Waals surface area contributed by atoms with Gasteiger partial charge in [0.2, 0.25) is 0 Å². The Kier molecular flexibility index (Phi) is 9.93. The van der Waals surface area contributed by atoms with Gasteiger partial charge in [0, 0.05) is 47.9 Å². The Hall–Kier alpha value is -0.570. The highest BCUT2D eigenvalue weighted by molar-refractivity contribution is 14.0. The van der Waals surface area contributed by atoms with Crippen molar-refractivity contribution < 1.29 is 8.63 Å². The van der Waals surface area contributed by atoms with Crippen LogP contribution in [0.15, 0.2) is 27.8 Å². The zero-order valence-corrected chi connectivity index (χ0v) is 16.3. The molecule has 1 unspecified atom stereocenters. The second kappa shape index (κ2) is 10.2. The first-order valence-corrected chi connectivity index (χ1v) is 8.11. The summed E-state index contributed by atoms with van der Waals surface area (Å²) in [5.41, 5.74) is 0. The maximum absolute atomic E-state index is 11.9. The molecule has 21 heavy (non-hydrogen) atoms. The van der Waals surface area contributed by atoms with Crippen LogP contribution in [0.5, 0.6) is 0 Å². The number of furan rings is 1. The van der Waals surface area contributed by atoms with E-state index in [4.69, 9.17) is 4.42 Å². The van der Waals surface area contributed by atoms with E-state index in [0.29, 0.717) is 12.3 Å². The predicted molar refractivity (Wildman–Crippen MR) is 100.0 cm³/mol. The first kappa shape index (κ1) is 20.4. The zero-order valence-electron chi connectivity index (χ0n) is 13.1.